The van der Waals surface area contributed by atoms with Gasteiger partial charge in [0.1, 0.15) is 0 Å². The molecule has 94 valence electrons. The maximum Gasteiger partial charge on any atom is 0.251 e. The molecule has 0 radical (unpaired) electrons. The van der Waals surface area contributed by atoms with Gasteiger partial charge in [-0.05, 0) is 24.6 Å². The number of benzene rings is 1. The molecule has 0 saturated carbocycles. The Morgan fingerprint density at radius 3 is 3.17 bits per heavy atom. The van der Waals surface area contributed by atoms with E-state index in [0.717, 1.165) is 12.0 Å². The van der Waals surface area contributed by atoms with Gasteiger partial charge >= 0.3 is 0 Å². The van der Waals surface area contributed by atoms with Crippen LogP contribution in [0.3, 0.4) is 0 Å². The topological polar surface area (TPSA) is 64.4 Å². The van der Waals surface area contributed by atoms with Crippen molar-refractivity contribution in [2.75, 3.05) is 19.8 Å². The van der Waals surface area contributed by atoms with Crippen LogP contribution in [0.15, 0.2) is 24.3 Å². The van der Waals surface area contributed by atoms with Crippen LogP contribution in [-0.2, 0) is 4.74 Å². The summed E-state index contributed by atoms with van der Waals surface area (Å²) in [5.41, 5.74) is 6.73. The zero-order chi connectivity index (χ0) is 12.8. The second kappa shape index (κ2) is 6.20. The van der Waals surface area contributed by atoms with Crippen LogP contribution in [0.2, 0.25) is 0 Å². The summed E-state index contributed by atoms with van der Waals surface area (Å²) in [5, 5.41) is 2.94. The number of nitrogens with one attached hydrogen (secondary N) is 1. The molecule has 0 spiro atoms. The van der Waals surface area contributed by atoms with Crippen molar-refractivity contribution in [3.05, 3.63) is 35.4 Å². The molecule has 4 heteroatoms. The third kappa shape index (κ3) is 3.33. The zero-order valence-electron chi connectivity index (χ0n) is 10.1. The number of amides is 1. The molecule has 1 aromatic carbocycles. The first kappa shape index (κ1) is 12.6. The molecule has 0 aromatic heterocycles. The number of carbonyl (C=O) groups is 1. The van der Waals surface area contributed by atoms with E-state index in [1.54, 1.807) is 12.1 Å². The van der Waals surface area contributed by atoms with Crippen LogP contribution >= 0.6 is 0 Å². The highest BCUT2D eigenvalue weighted by molar-refractivity contribution is 5.94. The fourth-order valence-corrected chi connectivity index (χ4v) is 1.81. The van der Waals surface area contributed by atoms with Gasteiger partial charge in [-0.3, -0.25) is 4.79 Å². The number of rotatable bonds is 2. The number of hydrogen-bond acceptors (Lipinski definition) is 3. The summed E-state index contributed by atoms with van der Waals surface area (Å²) in [5.74, 6) is 5.60. The molecule has 3 N–H and O–H groups in total. The van der Waals surface area contributed by atoms with E-state index in [9.17, 15) is 4.79 Å². The van der Waals surface area contributed by atoms with Crippen molar-refractivity contribution < 1.29 is 9.53 Å². The smallest absolute Gasteiger partial charge is 0.251 e. The lowest BCUT2D eigenvalue weighted by molar-refractivity contribution is 0.0930. The molecular weight excluding hydrogens is 228 g/mol. The molecule has 1 aliphatic rings. The molecule has 1 aliphatic heterocycles. The molecule has 1 saturated heterocycles. The normalized spacial score (nSPS) is 17.9. The molecule has 2 rings (SSSR count). The Kier molecular flexibility index (Phi) is 4.35. The van der Waals surface area contributed by atoms with Gasteiger partial charge in [0.2, 0.25) is 0 Å². The Hall–Kier alpha value is -1.83. The predicted molar refractivity (Wildman–Crippen MR) is 69.1 cm³/mol. The Morgan fingerprint density at radius 1 is 1.56 bits per heavy atom. The van der Waals surface area contributed by atoms with Crippen molar-refractivity contribution >= 4 is 5.91 Å². The van der Waals surface area contributed by atoms with Crippen LogP contribution in [0, 0.1) is 11.8 Å². The van der Waals surface area contributed by atoms with E-state index in [1.165, 1.54) is 0 Å². The van der Waals surface area contributed by atoms with Crippen molar-refractivity contribution in [3.63, 3.8) is 0 Å². The largest absolute Gasteiger partial charge is 0.379 e. The number of carbonyl (C=O) groups excluding carboxylic acids is 1. The lowest BCUT2D eigenvalue weighted by Gasteiger charge is -2.10. The van der Waals surface area contributed by atoms with Crippen molar-refractivity contribution in [2.45, 2.75) is 12.5 Å². The number of hydrogen-bond donors (Lipinski definition) is 2. The van der Waals surface area contributed by atoms with E-state index < -0.39 is 0 Å². The van der Waals surface area contributed by atoms with Crippen molar-refractivity contribution in [2.24, 2.45) is 5.73 Å². The predicted octanol–water partition coefficient (Wildman–Crippen LogP) is 0.515. The highest BCUT2D eigenvalue weighted by Crippen LogP contribution is 2.07. The second-order valence-corrected chi connectivity index (χ2v) is 4.12. The summed E-state index contributed by atoms with van der Waals surface area (Å²) in [6.07, 6.45) is 0.873. The Morgan fingerprint density at radius 2 is 2.44 bits per heavy atom. The SMILES string of the molecule is NCC#Cc1cccc(C(=O)NC2CCOC2)c1. The fourth-order valence-electron chi connectivity index (χ4n) is 1.81. The van der Waals surface area contributed by atoms with Crippen LogP contribution in [0.25, 0.3) is 0 Å². The van der Waals surface area contributed by atoms with Crippen molar-refractivity contribution in [3.8, 4) is 11.8 Å². The monoisotopic (exact) mass is 244 g/mol. The number of nitrogens with two attached hydrogens (primary N) is 1. The van der Waals surface area contributed by atoms with Crippen LogP contribution in [0.5, 0.6) is 0 Å². The first-order valence-electron chi connectivity index (χ1n) is 5.97. The summed E-state index contributed by atoms with van der Waals surface area (Å²) in [6, 6.07) is 7.35. The first-order valence-corrected chi connectivity index (χ1v) is 5.97. The molecule has 4 nitrogen and oxygen atoms in total. The van der Waals surface area contributed by atoms with Crippen LogP contribution in [0.1, 0.15) is 22.3 Å². The lowest BCUT2D eigenvalue weighted by atomic mass is 10.1. The quantitative estimate of drug-likeness (QED) is 0.745. The average molecular weight is 244 g/mol. The highest BCUT2D eigenvalue weighted by Gasteiger charge is 2.18. The molecule has 1 amide bonds. The van der Waals surface area contributed by atoms with E-state index in [4.69, 9.17) is 10.5 Å². The maximum absolute atomic E-state index is 12.0. The van der Waals surface area contributed by atoms with E-state index in [-0.39, 0.29) is 11.9 Å². The van der Waals surface area contributed by atoms with Crippen LogP contribution < -0.4 is 11.1 Å². The van der Waals surface area contributed by atoms with Crippen molar-refractivity contribution in [1.82, 2.24) is 5.32 Å². The third-order valence-electron chi connectivity index (χ3n) is 2.72. The molecular formula is C14H16N2O2. The molecule has 1 atom stereocenters. The van der Waals surface area contributed by atoms with E-state index in [2.05, 4.69) is 17.2 Å². The van der Waals surface area contributed by atoms with Gasteiger partial charge in [-0.1, -0.05) is 17.9 Å². The molecule has 18 heavy (non-hydrogen) atoms. The average Bonchev–Trinajstić information content (AvgIpc) is 2.89. The van der Waals surface area contributed by atoms with Gasteiger partial charge in [-0.15, -0.1) is 0 Å². The Labute approximate surface area is 107 Å². The van der Waals surface area contributed by atoms with E-state index in [0.29, 0.717) is 25.3 Å². The van der Waals surface area contributed by atoms with Gasteiger partial charge in [-0.2, -0.15) is 0 Å². The minimum atomic E-state index is -0.0816. The summed E-state index contributed by atoms with van der Waals surface area (Å²) in [7, 11) is 0. The minimum Gasteiger partial charge on any atom is -0.379 e. The molecule has 1 unspecified atom stereocenters. The summed E-state index contributed by atoms with van der Waals surface area (Å²) < 4.78 is 5.22. The summed E-state index contributed by atoms with van der Waals surface area (Å²) in [6.45, 7) is 1.63. The van der Waals surface area contributed by atoms with Gasteiger partial charge in [0.05, 0.1) is 19.2 Å². The number of ether oxygens (including phenoxy) is 1. The highest BCUT2D eigenvalue weighted by atomic mass is 16.5. The standard InChI is InChI=1S/C14H16N2O2/c15-7-2-4-11-3-1-5-12(9-11)14(17)16-13-6-8-18-10-13/h1,3,5,9,13H,6-8,10,15H2,(H,16,17). The summed E-state index contributed by atoms with van der Waals surface area (Å²) in [4.78, 5) is 12.0. The molecule has 1 fully saturated rings. The first-order chi connectivity index (χ1) is 8.79. The maximum atomic E-state index is 12.0. The molecule has 1 heterocycles. The summed E-state index contributed by atoms with van der Waals surface area (Å²) >= 11 is 0. The Balaban J connectivity index is 2.05. The van der Waals surface area contributed by atoms with E-state index >= 15 is 0 Å². The van der Waals surface area contributed by atoms with Gasteiger partial charge < -0.3 is 15.8 Å². The molecule has 0 bridgehead atoms. The second-order valence-electron chi connectivity index (χ2n) is 4.12. The van der Waals surface area contributed by atoms with Gasteiger partial charge in [0, 0.05) is 17.7 Å². The Bertz CT molecular complexity index is 482. The third-order valence-corrected chi connectivity index (χ3v) is 2.72. The lowest BCUT2D eigenvalue weighted by Crippen LogP contribution is -2.34. The van der Waals surface area contributed by atoms with Gasteiger partial charge in [0.25, 0.3) is 5.91 Å². The molecule has 0 aliphatic carbocycles. The zero-order valence-corrected chi connectivity index (χ0v) is 10.1. The minimum absolute atomic E-state index is 0.0816. The van der Waals surface area contributed by atoms with Crippen molar-refractivity contribution in [1.29, 1.82) is 0 Å². The van der Waals surface area contributed by atoms with Gasteiger partial charge in [0.15, 0.2) is 0 Å². The fraction of sp³-hybridized carbons (Fsp3) is 0.357. The van der Waals surface area contributed by atoms with Crippen LogP contribution in [0.4, 0.5) is 0 Å². The van der Waals surface area contributed by atoms with E-state index in [1.807, 2.05) is 12.1 Å². The molecule has 1 aromatic rings. The van der Waals surface area contributed by atoms with Crippen LogP contribution in [-0.4, -0.2) is 31.7 Å². The van der Waals surface area contributed by atoms with Gasteiger partial charge in [-0.25, -0.2) is 0 Å².